The number of hydrogen-bond acceptors (Lipinski definition) is 7. The highest BCUT2D eigenvalue weighted by Gasteiger charge is 2.47. The fraction of sp³-hybridized carbons (Fsp3) is 0.400. The van der Waals surface area contributed by atoms with Crippen molar-refractivity contribution in [2.75, 3.05) is 7.11 Å². The largest absolute Gasteiger partial charge is 0.496 e. The summed E-state index contributed by atoms with van der Waals surface area (Å²) < 4.78 is 17.7. The predicted molar refractivity (Wildman–Crippen MR) is 105 cm³/mol. The Balaban J connectivity index is 1.79. The lowest BCUT2D eigenvalue weighted by Gasteiger charge is -2.32. The minimum atomic E-state index is -0.882. The molecule has 4 rings (SSSR count). The van der Waals surface area contributed by atoms with Crippen LogP contribution in [-0.2, 0) is 21.0 Å². The summed E-state index contributed by atoms with van der Waals surface area (Å²) in [5.41, 5.74) is 0.739. The standard InChI is InChI=1S/C20H21ClN4O4/c1-4-20(19(26)29-21)8-5-9-25-17(23-24-18(20)25)13-6-7-14(15(10-13)27-3)16-11-22-12(2)28-16/h6-7,10-11H,4-5,8-9H2,1-3H3. The van der Waals surface area contributed by atoms with Gasteiger partial charge in [0, 0.05) is 19.0 Å². The van der Waals surface area contributed by atoms with Gasteiger partial charge in [0.15, 0.2) is 23.3 Å². The van der Waals surface area contributed by atoms with Crippen LogP contribution in [0.25, 0.3) is 22.7 Å². The Morgan fingerprint density at radius 2 is 2.21 bits per heavy atom. The van der Waals surface area contributed by atoms with Gasteiger partial charge in [-0.1, -0.05) is 13.0 Å². The van der Waals surface area contributed by atoms with E-state index in [4.69, 9.17) is 21.0 Å². The van der Waals surface area contributed by atoms with Gasteiger partial charge in [0.05, 0.1) is 18.9 Å². The maximum absolute atomic E-state index is 12.5. The van der Waals surface area contributed by atoms with Gasteiger partial charge in [-0.2, -0.15) is 0 Å². The monoisotopic (exact) mass is 416 g/mol. The summed E-state index contributed by atoms with van der Waals surface area (Å²) in [6.45, 7) is 4.42. The second-order valence-electron chi connectivity index (χ2n) is 7.06. The van der Waals surface area contributed by atoms with Gasteiger partial charge in [-0.25, -0.2) is 9.78 Å². The van der Waals surface area contributed by atoms with E-state index in [0.717, 1.165) is 17.5 Å². The van der Waals surface area contributed by atoms with E-state index in [1.165, 1.54) is 0 Å². The number of aryl methyl sites for hydroxylation is 1. The van der Waals surface area contributed by atoms with Gasteiger partial charge in [0.25, 0.3) is 0 Å². The number of carbonyl (C=O) groups excluding carboxylic acids is 1. The van der Waals surface area contributed by atoms with E-state index in [-0.39, 0.29) is 0 Å². The van der Waals surface area contributed by atoms with Gasteiger partial charge in [0.2, 0.25) is 0 Å². The third kappa shape index (κ3) is 3.07. The zero-order chi connectivity index (χ0) is 20.6. The number of hydrogen-bond donors (Lipinski definition) is 0. The number of ether oxygens (including phenoxy) is 1. The molecule has 0 bridgehead atoms. The molecule has 0 fully saturated rings. The molecular formula is C20H21ClN4O4. The molecule has 0 aliphatic carbocycles. The average Bonchev–Trinajstić information content (AvgIpc) is 3.39. The van der Waals surface area contributed by atoms with Crippen LogP contribution in [0.5, 0.6) is 5.75 Å². The molecule has 0 amide bonds. The number of benzene rings is 1. The van der Waals surface area contributed by atoms with Crippen molar-refractivity contribution in [2.24, 2.45) is 0 Å². The number of methoxy groups -OCH3 is 1. The number of rotatable bonds is 5. The van der Waals surface area contributed by atoms with Crippen LogP contribution >= 0.6 is 11.9 Å². The quantitative estimate of drug-likeness (QED) is 0.619. The van der Waals surface area contributed by atoms with Crippen LogP contribution in [0.15, 0.2) is 28.8 Å². The van der Waals surface area contributed by atoms with Crippen LogP contribution in [0.3, 0.4) is 0 Å². The lowest BCUT2D eigenvalue weighted by atomic mass is 9.77. The van der Waals surface area contributed by atoms with Crippen LogP contribution in [0, 0.1) is 6.92 Å². The molecule has 152 valence electrons. The maximum atomic E-state index is 12.5. The Labute approximate surface area is 173 Å². The average molecular weight is 417 g/mol. The van der Waals surface area contributed by atoms with E-state index in [9.17, 15) is 4.79 Å². The molecule has 29 heavy (non-hydrogen) atoms. The molecule has 3 aromatic rings. The fourth-order valence-corrected chi connectivity index (χ4v) is 4.15. The minimum Gasteiger partial charge on any atom is -0.496 e. The van der Waals surface area contributed by atoms with Crippen LogP contribution < -0.4 is 4.74 Å². The Morgan fingerprint density at radius 1 is 1.38 bits per heavy atom. The van der Waals surface area contributed by atoms with Crippen LogP contribution in [-0.4, -0.2) is 32.8 Å². The molecule has 0 spiro atoms. The van der Waals surface area contributed by atoms with Crippen molar-refractivity contribution in [1.29, 1.82) is 0 Å². The van der Waals surface area contributed by atoms with Gasteiger partial charge in [-0.3, -0.25) is 0 Å². The van der Waals surface area contributed by atoms with Crippen molar-refractivity contribution in [3.05, 3.63) is 36.1 Å². The van der Waals surface area contributed by atoms with Gasteiger partial charge in [-0.15, -0.1) is 10.2 Å². The highest BCUT2D eigenvalue weighted by Crippen LogP contribution is 2.40. The SMILES string of the molecule is CCC1(C(=O)OCl)CCCn2c(-c3ccc(-c4cnc(C)o4)c(OC)c3)nnc21. The second-order valence-corrected chi connectivity index (χ2v) is 7.22. The van der Waals surface area contributed by atoms with E-state index >= 15 is 0 Å². The Kier molecular flexibility index (Phi) is 5.04. The van der Waals surface area contributed by atoms with Gasteiger partial charge in [0.1, 0.15) is 23.0 Å². The molecule has 2 aromatic heterocycles. The summed E-state index contributed by atoms with van der Waals surface area (Å²) in [5.74, 6) is 2.60. The third-order valence-electron chi connectivity index (χ3n) is 5.57. The number of carbonyl (C=O) groups is 1. The van der Waals surface area contributed by atoms with Crippen molar-refractivity contribution in [3.8, 4) is 28.5 Å². The number of halogens is 1. The van der Waals surface area contributed by atoms with Crippen LogP contribution in [0.2, 0.25) is 0 Å². The molecule has 0 N–H and O–H groups in total. The number of fused-ring (bicyclic) bond motifs is 1. The first kappa shape index (κ1) is 19.4. The summed E-state index contributed by atoms with van der Waals surface area (Å²) in [5, 5.41) is 8.73. The predicted octanol–water partition coefficient (Wildman–Crippen LogP) is 4.06. The highest BCUT2D eigenvalue weighted by atomic mass is 35.5. The number of aromatic nitrogens is 4. The smallest absolute Gasteiger partial charge is 0.338 e. The van der Waals surface area contributed by atoms with E-state index in [1.54, 1.807) is 20.2 Å². The zero-order valence-electron chi connectivity index (χ0n) is 16.4. The zero-order valence-corrected chi connectivity index (χ0v) is 17.2. The van der Waals surface area contributed by atoms with Crippen molar-refractivity contribution >= 4 is 17.8 Å². The van der Waals surface area contributed by atoms with E-state index in [0.29, 0.717) is 48.4 Å². The summed E-state index contributed by atoms with van der Waals surface area (Å²) in [4.78, 5) is 16.6. The lowest BCUT2D eigenvalue weighted by molar-refractivity contribution is -0.142. The Morgan fingerprint density at radius 3 is 2.86 bits per heavy atom. The fourth-order valence-electron chi connectivity index (χ4n) is 4.00. The molecule has 1 aliphatic heterocycles. The molecule has 1 atom stereocenters. The first-order chi connectivity index (χ1) is 14.0. The molecule has 1 aliphatic rings. The molecular weight excluding hydrogens is 396 g/mol. The van der Waals surface area contributed by atoms with Crippen LogP contribution in [0.1, 0.15) is 37.9 Å². The van der Waals surface area contributed by atoms with Gasteiger partial charge in [-0.05, 0) is 31.4 Å². The normalized spacial score (nSPS) is 18.3. The molecule has 0 saturated heterocycles. The topological polar surface area (TPSA) is 92.3 Å². The molecule has 1 unspecified atom stereocenters. The van der Waals surface area contributed by atoms with Crippen LogP contribution in [0.4, 0.5) is 0 Å². The maximum Gasteiger partial charge on any atom is 0.338 e. The molecule has 3 heterocycles. The number of oxazole rings is 1. The first-order valence-corrected chi connectivity index (χ1v) is 9.73. The lowest BCUT2D eigenvalue weighted by Crippen LogP contribution is -2.41. The molecule has 9 heteroatoms. The van der Waals surface area contributed by atoms with Gasteiger partial charge < -0.3 is 18.0 Å². The first-order valence-electron chi connectivity index (χ1n) is 9.42. The van der Waals surface area contributed by atoms with E-state index < -0.39 is 11.4 Å². The molecule has 1 aromatic carbocycles. The van der Waals surface area contributed by atoms with Crippen molar-refractivity contribution < 1.29 is 18.2 Å². The van der Waals surface area contributed by atoms with E-state index in [2.05, 4.69) is 19.5 Å². The summed E-state index contributed by atoms with van der Waals surface area (Å²) >= 11 is 5.42. The number of nitrogens with zero attached hydrogens (tertiary/aromatic N) is 4. The summed E-state index contributed by atoms with van der Waals surface area (Å²) in [6.07, 6.45) is 3.62. The van der Waals surface area contributed by atoms with Crippen molar-refractivity contribution in [3.63, 3.8) is 0 Å². The molecule has 8 nitrogen and oxygen atoms in total. The van der Waals surface area contributed by atoms with Gasteiger partial charge >= 0.3 is 5.97 Å². The second kappa shape index (κ2) is 7.51. The summed E-state index contributed by atoms with van der Waals surface area (Å²) in [6, 6.07) is 5.71. The van der Waals surface area contributed by atoms with E-state index in [1.807, 2.05) is 29.7 Å². The summed E-state index contributed by atoms with van der Waals surface area (Å²) in [7, 11) is 1.60. The molecule has 0 saturated carbocycles. The Bertz CT molecular complexity index is 1060. The minimum absolute atomic E-state index is 0.491. The Hall–Kier alpha value is -2.87. The molecule has 0 radical (unpaired) electrons. The third-order valence-corrected chi connectivity index (χ3v) is 5.72. The highest BCUT2D eigenvalue weighted by molar-refractivity contribution is 6.14. The van der Waals surface area contributed by atoms with Crippen molar-refractivity contribution in [1.82, 2.24) is 19.7 Å². The van der Waals surface area contributed by atoms with Crippen molar-refractivity contribution in [2.45, 2.75) is 45.1 Å².